The Bertz CT molecular complexity index is 753. The van der Waals surface area contributed by atoms with Crippen molar-refractivity contribution in [1.29, 1.82) is 0 Å². The van der Waals surface area contributed by atoms with Crippen molar-refractivity contribution < 1.29 is 14.2 Å². The fraction of sp³-hybridized carbons (Fsp3) is 0.333. The highest BCUT2D eigenvalue weighted by molar-refractivity contribution is 6.03. The molecule has 2 aromatic rings. The Labute approximate surface area is 127 Å². The van der Waals surface area contributed by atoms with Gasteiger partial charge in [0.15, 0.2) is 0 Å². The smallest absolute Gasteiger partial charge is 0.271 e. The number of hydrogen-bond acceptors (Lipinski definition) is 6. The van der Waals surface area contributed by atoms with Gasteiger partial charge in [-0.05, 0) is 26.0 Å². The summed E-state index contributed by atoms with van der Waals surface area (Å²) in [6, 6.07) is 7.27. The molecule has 0 bridgehead atoms. The van der Waals surface area contributed by atoms with E-state index < -0.39 is 5.60 Å². The Hall–Kier alpha value is -2.70. The minimum absolute atomic E-state index is 0.263. The first-order chi connectivity index (χ1) is 10.5. The normalized spacial score (nSPS) is 20.4. The fourth-order valence-corrected chi connectivity index (χ4v) is 2.30. The quantitative estimate of drug-likeness (QED) is 0.940. The summed E-state index contributed by atoms with van der Waals surface area (Å²) in [6.45, 7) is 5.25. The molecule has 3 rings (SSSR count). The van der Waals surface area contributed by atoms with Crippen LogP contribution in [0.5, 0.6) is 0 Å². The van der Waals surface area contributed by atoms with E-state index in [1.54, 1.807) is 19.9 Å². The molecule has 1 aliphatic heterocycles. The minimum atomic E-state index is -0.996. The van der Waals surface area contributed by atoms with Crippen molar-refractivity contribution in [1.82, 2.24) is 10.1 Å². The lowest BCUT2D eigenvalue weighted by Crippen LogP contribution is -2.40. The maximum atomic E-state index is 12.5. The highest BCUT2D eigenvalue weighted by Crippen LogP contribution is 2.29. The van der Waals surface area contributed by atoms with Crippen LogP contribution >= 0.6 is 0 Å². The van der Waals surface area contributed by atoms with Crippen LogP contribution < -0.4 is 5.32 Å². The first-order valence-electron chi connectivity index (χ1n) is 6.91. The number of benzene rings is 1. The molecule has 7 nitrogen and oxygen atoms in total. The van der Waals surface area contributed by atoms with Gasteiger partial charge in [-0.1, -0.05) is 22.4 Å². The molecule has 1 aliphatic rings. The van der Waals surface area contributed by atoms with E-state index >= 15 is 0 Å². The number of aromatic nitrogens is 2. The summed E-state index contributed by atoms with van der Waals surface area (Å²) in [6.07, 6.45) is 0.461. The van der Waals surface area contributed by atoms with Crippen LogP contribution in [0.25, 0.3) is 11.4 Å². The fourth-order valence-electron chi connectivity index (χ4n) is 2.30. The van der Waals surface area contributed by atoms with Crippen molar-refractivity contribution in [2.24, 2.45) is 5.16 Å². The van der Waals surface area contributed by atoms with Crippen LogP contribution in [-0.4, -0.2) is 27.4 Å². The second-order valence-electron chi connectivity index (χ2n) is 5.46. The number of nitrogens with one attached hydrogen (secondary N) is 1. The second kappa shape index (κ2) is 5.25. The molecular formula is C15H16N4O3. The molecule has 1 unspecified atom stereocenters. The van der Waals surface area contributed by atoms with Gasteiger partial charge in [-0.25, -0.2) is 0 Å². The predicted molar refractivity (Wildman–Crippen MR) is 80.3 cm³/mol. The molecule has 0 aliphatic carbocycles. The summed E-state index contributed by atoms with van der Waals surface area (Å²) in [5.41, 5.74) is 1.08. The number of hydrogen-bond donors (Lipinski definition) is 1. The van der Waals surface area contributed by atoms with Gasteiger partial charge in [0.2, 0.25) is 17.3 Å². The number of rotatable bonds is 3. The first-order valence-corrected chi connectivity index (χ1v) is 6.91. The Balaban J connectivity index is 1.86. The summed E-state index contributed by atoms with van der Waals surface area (Å²) in [5.74, 6) is 0.630. The van der Waals surface area contributed by atoms with Crippen molar-refractivity contribution in [2.45, 2.75) is 32.8 Å². The molecular weight excluding hydrogens is 284 g/mol. The molecule has 0 radical (unpaired) electrons. The SMILES string of the molecule is CC1=NOC(C)(C(=O)Nc2ccccc2-c2noc(C)n2)C1. The molecule has 0 saturated carbocycles. The van der Waals surface area contributed by atoms with Crippen molar-refractivity contribution in [2.75, 3.05) is 5.32 Å². The Morgan fingerprint density at radius 3 is 2.73 bits per heavy atom. The van der Waals surface area contributed by atoms with Gasteiger partial charge in [0, 0.05) is 18.9 Å². The first kappa shape index (κ1) is 14.2. The van der Waals surface area contributed by atoms with Crippen LogP contribution in [0, 0.1) is 6.92 Å². The van der Waals surface area contributed by atoms with Gasteiger partial charge in [-0.2, -0.15) is 4.98 Å². The van der Waals surface area contributed by atoms with Crippen LogP contribution in [0.15, 0.2) is 33.9 Å². The molecule has 0 fully saturated rings. The van der Waals surface area contributed by atoms with Gasteiger partial charge >= 0.3 is 0 Å². The van der Waals surface area contributed by atoms with E-state index in [0.717, 1.165) is 5.71 Å². The zero-order valence-corrected chi connectivity index (χ0v) is 12.6. The Kier molecular flexibility index (Phi) is 3.40. The highest BCUT2D eigenvalue weighted by atomic mass is 16.7. The highest BCUT2D eigenvalue weighted by Gasteiger charge is 2.40. The van der Waals surface area contributed by atoms with Crippen molar-refractivity contribution in [3.05, 3.63) is 30.2 Å². The van der Waals surface area contributed by atoms with E-state index in [9.17, 15) is 4.79 Å². The molecule has 0 spiro atoms. The van der Waals surface area contributed by atoms with Crippen LogP contribution in [0.1, 0.15) is 26.2 Å². The summed E-state index contributed by atoms with van der Waals surface area (Å²) in [7, 11) is 0. The van der Waals surface area contributed by atoms with Gasteiger partial charge in [0.25, 0.3) is 5.91 Å². The van der Waals surface area contributed by atoms with Gasteiger partial charge < -0.3 is 14.7 Å². The standard InChI is InChI=1S/C15H16N4O3/c1-9-8-15(3,22-18-9)14(20)17-12-7-5-4-6-11(12)13-16-10(2)21-19-13/h4-7H,8H2,1-3H3,(H,17,20). The second-order valence-corrected chi connectivity index (χ2v) is 5.46. The number of amides is 1. The molecule has 1 amide bonds. The largest absolute Gasteiger partial charge is 0.379 e. The number of aryl methyl sites for hydroxylation is 1. The molecule has 1 aromatic carbocycles. The monoisotopic (exact) mass is 300 g/mol. The van der Waals surface area contributed by atoms with E-state index in [2.05, 4.69) is 20.6 Å². The number of carbonyl (C=O) groups excluding carboxylic acids is 1. The average molecular weight is 300 g/mol. The maximum Gasteiger partial charge on any atom is 0.271 e. The number of anilines is 1. The number of nitrogens with zero attached hydrogens (tertiary/aromatic N) is 3. The summed E-state index contributed by atoms with van der Waals surface area (Å²) >= 11 is 0. The Morgan fingerprint density at radius 1 is 1.32 bits per heavy atom. The molecule has 2 heterocycles. The van der Waals surface area contributed by atoms with E-state index in [1.807, 2.05) is 25.1 Å². The lowest BCUT2D eigenvalue weighted by Gasteiger charge is -2.21. The predicted octanol–water partition coefficient (Wildman–Crippen LogP) is 2.54. The Morgan fingerprint density at radius 2 is 2.09 bits per heavy atom. The minimum Gasteiger partial charge on any atom is -0.379 e. The molecule has 7 heteroatoms. The zero-order chi connectivity index (χ0) is 15.7. The molecule has 1 N–H and O–H groups in total. The third-order valence-corrected chi connectivity index (χ3v) is 3.42. The molecule has 1 aromatic heterocycles. The van der Waals surface area contributed by atoms with E-state index in [4.69, 9.17) is 9.36 Å². The molecule has 1 atom stereocenters. The van der Waals surface area contributed by atoms with Crippen LogP contribution in [0.4, 0.5) is 5.69 Å². The van der Waals surface area contributed by atoms with Crippen LogP contribution in [-0.2, 0) is 9.63 Å². The van der Waals surface area contributed by atoms with Gasteiger partial charge in [0.1, 0.15) is 0 Å². The van der Waals surface area contributed by atoms with E-state index in [0.29, 0.717) is 29.4 Å². The zero-order valence-electron chi connectivity index (χ0n) is 12.6. The van der Waals surface area contributed by atoms with Gasteiger partial charge in [-0.15, -0.1) is 0 Å². The third kappa shape index (κ3) is 2.57. The summed E-state index contributed by atoms with van der Waals surface area (Å²) in [5, 5.41) is 10.6. The number of carbonyl (C=O) groups is 1. The summed E-state index contributed by atoms with van der Waals surface area (Å²) in [4.78, 5) is 22.0. The van der Waals surface area contributed by atoms with E-state index in [-0.39, 0.29) is 5.91 Å². The van der Waals surface area contributed by atoms with E-state index in [1.165, 1.54) is 0 Å². The molecule has 22 heavy (non-hydrogen) atoms. The van der Waals surface area contributed by atoms with Crippen LogP contribution in [0.3, 0.4) is 0 Å². The van der Waals surface area contributed by atoms with Crippen molar-refractivity contribution in [3.8, 4) is 11.4 Å². The van der Waals surface area contributed by atoms with Crippen molar-refractivity contribution >= 4 is 17.3 Å². The van der Waals surface area contributed by atoms with Crippen LogP contribution in [0.2, 0.25) is 0 Å². The number of oxime groups is 1. The molecule has 114 valence electrons. The topological polar surface area (TPSA) is 89.6 Å². The molecule has 0 saturated heterocycles. The average Bonchev–Trinajstić information content (AvgIpc) is 3.06. The lowest BCUT2D eigenvalue weighted by molar-refractivity contribution is -0.135. The third-order valence-electron chi connectivity index (χ3n) is 3.42. The lowest BCUT2D eigenvalue weighted by atomic mass is 9.99. The summed E-state index contributed by atoms with van der Waals surface area (Å²) < 4.78 is 5.00. The maximum absolute atomic E-state index is 12.5. The van der Waals surface area contributed by atoms with Gasteiger partial charge in [0.05, 0.1) is 11.4 Å². The van der Waals surface area contributed by atoms with Gasteiger partial charge in [-0.3, -0.25) is 4.79 Å². The number of para-hydroxylation sites is 1. The van der Waals surface area contributed by atoms with Crippen molar-refractivity contribution in [3.63, 3.8) is 0 Å².